The molecule has 1 N–H and O–H groups in total. The minimum atomic E-state index is -0.257. The molecule has 27 heavy (non-hydrogen) atoms. The van der Waals surface area contributed by atoms with Gasteiger partial charge in [-0.1, -0.05) is 37.2 Å². The van der Waals surface area contributed by atoms with Gasteiger partial charge >= 0.3 is 6.03 Å². The molecule has 0 atom stereocenters. The Morgan fingerprint density at radius 1 is 1.19 bits per heavy atom. The van der Waals surface area contributed by atoms with Crippen molar-refractivity contribution in [3.8, 4) is 0 Å². The van der Waals surface area contributed by atoms with Gasteiger partial charge < -0.3 is 19.6 Å². The Labute approximate surface area is 159 Å². The number of amides is 3. The first-order chi connectivity index (χ1) is 12.8. The first-order valence-electron chi connectivity index (χ1n) is 8.90. The summed E-state index contributed by atoms with van der Waals surface area (Å²) in [6.45, 7) is 4.41. The number of nitrogens with zero attached hydrogens (tertiary/aromatic N) is 4. The van der Waals surface area contributed by atoms with Gasteiger partial charge in [0, 0.05) is 45.7 Å². The number of carbonyl (C=O) groups excluding carboxylic acids is 2. The highest BCUT2D eigenvalue weighted by atomic mass is 16.5. The Morgan fingerprint density at radius 3 is 2.52 bits per heavy atom. The Morgan fingerprint density at radius 2 is 1.89 bits per heavy atom. The van der Waals surface area contributed by atoms with E-state index in [1.807, 2.05) is 32.0 Å². The number of aromatic nitrogens is 2. The molecule has 0 unspecified atom stereocenters. The predicted molar refractivity (Wildman–Crippen MR) is 103 cm³/mol. The van der Waals surface area contributed by atoms with Crippen molar-refractivity contribution in [1.82, 2.24) is 19.9 Å². The van der Waals surface area contributed by atoms with Crippen molar-refractivity contribution in [3.63, 3.8) is 0 Å². The molecule has 1 aromatic carbocycles. The molecule has 0 aliphatic rings. The van der Waals surface area contributed by atoms with Gasteiger partial charge in [-0.25, -0.2) is 4.79 Å². The summed E-state index contributed by atoms with van der Waals surface area (Å²) >= 11 is 0. The summed E-state index contributed by atoms with van der Waals surface area (Å²) in [6.07, 6.45) is 0.731. The van der Waals surface area contributed by atoms with Crippen LogP contribution in [-0.2, 0) is 17.6 Å². The highest BCUT2D eigenvalue weighted by Gasteiger charge is 2.15. The van der Waals surface area contributed by atoms with E-state index in [1.54, 1.807) is 32.1 Å². The van der Waals surface area contributed by atoms with Gasteiger partial charge in [-0.05, 0) is 11.6 Å². The molecule has 0 spiro atoms. The second-order valence-electron chi connectivity index (χ2n) is 6.93. The van der Waals surface area contributed by atoms with Crippen LogP contribution in [0.25, 0.3) is 0 Å². The van der Waals surface area contributed by atoms with Crippen molar-refractivity contribution in [2.45, 2.75) is 32.6 Å². The van der Waals surface area contributed by atoms with Crippen LogP contribution in [0.1, 0.15) is 37.0 Å². The summed E-state index contributed by atoms with van der Waals surface area (Å²) in [5, 5.41) is 6.80. The summed E-state index contributed by atoms with van der Waals surface area (Å²) in [5.41, 5.74) is 1.41. The van der Waals surface area contributed by atoms with Crippen LogP contribution >= 0.6 is 0 Å². The second kappa shape index (κ2) is 9.16. The number of para-hydroxylation sites is 1. The summed E-state index contributed by atoms with van der Waals surface area (Å²) < 4.78 is 5.17. The zero-order valence-corrected chi connectivity index (χ0v) is 16.5. The fourth-order valence-electron chi connectivity index (χ4n) is 2.30. The quantitative estimate of drug-likeness (QED) is 0.805. The number of hydrogen-bond donors (Lipinski definition) is 1. The van der Waals surface area contributed by atoms with E-state index in [0.717, 1.165) is 5.56 Å². The molecule has 8 nitrogen and oxygen atoms in total. The molecule has 0 saturated heterocycles. The molecule has 146 valence electrons. The molecule has 0 radical (unpaired) electrons. The van der Waals surface area contributed by atoms with E-state index in [2.05, 4.69) is 15.5 Å². The van der Waals surface area contributed by atoms with Crippen molar-refractivity contribution < 1.29 is 14.1 Å². The normalized spacial score (nSPS) is 10.7. The third kappa shape index (κ3) is 5.80. The van der Waals surface area contributed by atoms with Crippen molar-refractivity contribution in [1.29, 1.82) is 0 Å². The van der Waals surface area contributed by atoms with Gasteiger partial charge in [0.05, 0.1) is 6.42 Å². The van der Waals surface area contributed by atoms with Crippen molar-refractivity contribution in [2.75, 3.05) is 33.0 Å². The number of hydrogen-bond acceptors (Lipinski definition) is 5. The third-order valence-corrected chi connectivity index (χ3v) is 4.09. The highest BCUT2D eigenvalue weighted by molar-refractivity contribution is 5.91. The minimum Gasteiger partial charge on any atom is -0.349 e. The maximum Gasteiger partial charge on any atom is 0.321 e. The molecule has 2 rings (SSSR count). The molecule has 8 heteroatoms. The van der Waals surface area contributed by atoms with Crippen LogP contribution in [0.3, 0.4) is 0 Å². The maximum absolute atomic E-state index is 12.5. The Bertz CT molecular complexity index is 785. The van der Waals surface area contributed by atoms with Crippen molar-refractivity contribution in [2.24, 2.45) is 0 Å². The van der Waals surface area contributed by atoms with Crippen LogP contribution in [0, 0.1) is 0 Å². The third-order valence-electron chi connectivity index (χ3n) is 4.09. The first kappa shape index (κ1) is 20.4. The molecular formula is C19H27N5O3. The Kier molecular flexibility index (Phi) is 6.92. The van der Waals surface area contributed by atoms with Gasteiger partial charge in [0.15, 0.2) is 5.82 Å². The summed E-state index contributed by atoms with van der Waals surface area (Å²) in [7, 11) is 5.12. The van der Waals surface area contributed by atoms with Gasteiger partial charge in [-0.15, -0.1) is 0 Å². The molecule has 0 fully saturated rings. The fraction of sp³-hybridized carbons (Fsp3) is 0.474. The molecular weight excluding hydrogens is 346 g/mol. The lowest BCUT2D eigenvalue weighted by Crippen LogP contribution is -2.33. The number of likely N-dealkylation sites (N-methyl/N-ethyl adjacent to an activating group) is 2. The van der Waals surface area contributed by atoms with Gasteiger partial charge in [0.1, 0.15) is 0 Å². The van der Waals surface area contributed by atoms with Crippen LogP contribution in [0.15, 0.2) is 28.8 Å². The zero-order valence-electron chi connectivity index (χ0n) is 16.5. The molecule has 0 saturated carbocycles. The van der Waals surface area contributed by atoms with E-state index in [4.69, 9.17) is 4.52 Å². The number of anilines is 1. The average molecular weight is 373 g/mol. The zero-order chi connectivity index (χ0) is 20.0. The average Bonchev–Trinajstić information content (AvgIpc) is 3.10. The topological polar surface area (TPSA) is 91.6 Å². The summed E-state index contributed by atoms with van der Waals surface area (Å²) in [4.78, 5) is 31.8. The van der Waals surface area contributed by atoms with Gasteiger partial charge in [0.2, 0.25) is 11.8 Å². The summed E-state index contributed by atoms with van der Waals surface area (Å²) in [5.74, 6) is 1.32. The van der Waals surface area contributed by atoms with E-state index >= 15 is 0 Å². The van der Waals surface area contributed by atoms with Crippen LogP contribution in [0.4, 0.5) is 10.5 Å². The Balaban J connectivity index is 1.94. The van der Waals surface area contributed by atoms with E-state index in [1.165, 1.54) is 4.90 Å². The maximum atomic E-state index is 12.5. The monoisotopic (exact) mass is 373 g/mol. The van der Waals surface area contributed by atoms with E-state index < -0.39 is 0 Å². The predicted octanol–water partition coefficient (Wildman–Crippen LogP) is 2.53. The van der Waals surface area contributed by atoms with Gasteiger partial charge in [0.25, 0.3) is 0 Å². The lowest BCUT2D eigenvalue weighted by Gasteiger charge is -2.19. The number of benzene rings is 1. The summed E-state index contributed by atoms with van der Waals surface area (Å²) in [6, 6.07) is 7.04. The first-order valence-corrected chi connectivity index (χ1v) is 8.90. The molecule has 0 aliphatic carbocycles. The minimum absolute atomic E-state index is 0.0249. The molecule has 3 amide bonds. The SMILES string of the molecule is CC(C)c1nc(CCN(C)C(=O)Nc2ccccc2CC(=O)N(C)C)no1. The number of carbonyl (C=O) groups is 2. The van der Waals surface area contributed by atoms with E-state index in [9.17, 15) is 9.59 Å². The van der Waals surface area contributed by atoms with Crippen molar-refractivity contribution in [3.05, 3.63) is 41.5 Å². The van der Waals surface area contributed by atoms with E-state index in [-0.39, 0.29) is 24.3 Å². The van der Waals surface area contributed by atoms with E-state index in [0.29, 0.717) is 30.4 Å². The lowest BCUT2D eigenvalue weighted by molar-refractivity contribution is -0.127. The fourth-order valence-corrected chi connectivity index (χ4v) is 2.30. The van der Waals surface area contributed by atoms with Crippen LogP contribution in [0.5, 0.6) is 0 Å². The number of urea groups is 1. The van der Waals surface area contributed by atoms with Crippen molar-refractivity contribution >= 4 is 17.6 Å². The number of rotatable bonds is 7. The van der Waals surface area contributed by atoms with Crippen LogP contribution in [-0.4, -0.2) is 59.6 Å². The second-order valence-corrected chi connectivity index (χ2v) is 6.93. The molecule has 0 bridgehead atoms. The molecule has 1 heterocycles. The van der Waals surface area contributed by atoms with Crippen LogP contribution < -0.4 is 5.32 Å². The number of nitrogens with one attached hydrogen (secondary N) is 1. The van der Waals surface area contributed by atoms with Gasteiger partial charge in [-0.3, -0.25) is 4.79 Å². The molecule has 0 aliphatic heterocycles. The van der Waals surface area contributed by atoms with Crippen LogP contribution in [0.2, 0.25) is 0 Å². The molecule has 2 aromatic rings. The van der Waals surface area contributed by atoms with Gasteiger partial charge in [-0.2, -0.15) is 4.98 Å². The highest BCUT2D eigenvalue weighted by Crippen LogP contribution is 2.17. The largest absolute Gasteiger partial charge is 0.349 e. The smallest absolute Gasteiger partial charge is 0.321 e. The Hall–Kier alpha value is -2.90. The molecule has 1 aromatic heterocycles. The standard InChI is InChI=1S/C19H27N5O3/c1-13(2)18-21-16(22-27-18)10-11-24(5)19(26)20-15-9-7-6-8-14(15)12-17(25)23(3)4/h6-9,13H,10-12H2,1-5H3,(H,20,26). The lowest BCUT2D eigenvalue weighted by atomic mass is 10.1.